The molecule has 0 heterocycles. The molecule has 0 spiro atoms. The molecule has 0 N–H and O–H groups in total. The zero-order valence-corrected chi connectivity index (χ0v) is 15.3. The lowest BCUT2D eigenvalue weighted by atomic mass is 9.98. The number of hydrogen-bond acceptors (Lipinski definition) is 5. The van der Waals surface area contributed by atoms with E-state index in [0.29, 0.717) is 27.4 Å². The molecule has 6 nitrogen and oxygen atoms in total. The summed E-state index contributed by atoms with van der Waals surface area (Å²) in [6.07, 6.45) is 1.44. The minimum Gasteiger partial charge on any atom is -0.372 e. The molecule has 138 valence electrons. The van der Waals surface area contributed by atoms with Crippen molar-refractivity contribution in [2.24, 2.45) is 0 Å². The Morgan fingerprint density at radius 2 is 1.54 bits per heavy atom. The van der Waals surface area contributed by atoms with Gasteiger partial charge in [0.15, 0.2) is 10.9 Å². The van der Waals surface area contributed by atoms with E-state index in [1.54, 1.807) is 55.4 Å². The van der Waals surface area contributed by atoms with Crippen LogP contribution in [0.15, 0.2) is 64.2 Å². The van der Waals surface area contributed by atoms with Crippen molar-refractivity contribution in [3.8, 4) is 0 Å². The summed E-state index contributed by atoms with van der Waals surface area (Å²) < 4.78 is 0. The van der Waals surface area contributed by atoms with Gasteiger partial charge in [-0.15, -0.1) is 0 Å². The molecule has 0 bridgehead atoms. The molecule has 0 unspecified atom stereocenters. The Morgan fingerprint density at radius 1 is 0.929 bits per heavy atom. The van der Waals surface area contributed by atoms with Crippen LogP contribution in [0.2, 0.25) is 0 Å². The van der Waals surface area contributed by atoms with Gasteiger partial charge in [-0.3, -0.25) is 19.7 Å². The second kappa shape index (κ2) is 6.42. The Labute approximate surface area is 159 Å². The molecule has 0 saturated carbocycles. The van der Waals surface area contributed by atoms with Crippen LogP contribution in [0, 0.1) is 10.1 Å². The summed E-state index contributed by atoms with van der Waals surface area (Å²) in [6, 6.07) is 15.3. The largest absolute Gasteiger partial charge is 0.372 e. The molecule has 4 rings (SSSR count). The van der Waals surface area contributed by atoms with Crippen molar-refractivity contribution in [3.05, 3.63) is 95.9 Å². The van der Waals surface area contributed by atoms with Crippen molar-refractivity contribution in [3.63, 3.8) is 0 Å². The molecule has 0 atom stereocenters. The van der Waals surface area contributed by atoms with Gasteiger partial charge in [-0.1, -0.05) is 42.5 Å². The van der Waals surface area contributed by atoms with E-state index in [4.69, 9.17) is 0 Å². The summed E-state index contributed by atoms with van der Waals surface area (Å²) in [5.74, 6) is 0. The Bertz CT molecular complexity index is 1340. The highest BCUT2D eigenvalue weighted by Gasteiger charge is 2.16. The Kier molecular flexibility index (Phi) is 4.04. The quantitative estimate of drug-likeness (QED) is 0.408. The molecule has 0 fully saturated rings. The third-order valence-corrected chi connectivity index (χ3v) is 4.87. The number of hydrogen-bond donors (Lipinski definition) is 0. The second-order valence-corrected chi connectivity index (χ2v) is 6.83. The van der Waals surface area contributed by atoms with Gasteiger partial charge >= 0.3 is 0 Å². The van der Waals surface area contributed by atoms with Crippen LogP contribution >= 0.6 is 0 Å². The van der Waals surface area contributed by atoms with Crippen LogP contribution in [0.4, 0.5) is 11.4 Å². The lowest BCUT2D eigenvalue weighted by Gasteiger charge is -2.12. The monoisotopic (exact) mass is 372 g/mol. The maximum Gasteiger partial charge on any atom is 0.293 e. The van der Waals surface area contributed by atoms with Crippen LogP contribution in [-0.4, -0.2) is 19.0 Å². The van der Waals surface area contributed by atoms with E-state index in [9.17, 15) is 19.7 Å². The van der Waals surface area contributed by atoms with Crippen molar-refractivity contribution >= 4 is 39.0 Å². The zero-order valence-electron chi connectivity index (χ0n) is 15.3. The Balaban J connectivity index is 2.07. The highest BCUT2D eigenvalue weighted by atomic mass is 16.6. The average Bonchev–Trinajstić information content (AvgIpc) is 2.68. The number of benzene rings is 4. The summed E-state index contributed by atoms with van der Waals surface area (Å²) in [7, 11) is 3.43. The number of nitrogens with zero attached hydrogens (tertiary/aromatic N) is 2. The molecule has 6 heteroatoms. The van der Waals surface area contributed by atoms with Crippen LogP contribution in [0.25, 0.3) is 27.6 Å². The van der Waals surface area contributed by atoms with Gasteiger partial charge in [0.1, 0.15) is 5.69 Å². The highest BCUT2D eigenvalue weighted by Crippen LogP contribution is 2.28. The summed E-state index contributed by atoms with van der Waals surface area (Å²) >= 11 is 0. The molecule has 0 saturated heterocycles. The maximum atomic E-state index is 13.0. The van der Waals surface area contributed by atoms with Crippen molar-refractivity contribution in [2.45, 2.75) is 0 Å². The molecule has 4 aromatic rings. The summed E-state index contributed by atoms with van der Waals surface area (Å²) in [5.41, 5.74) is 0.0592. The first-order chi connectivity index (χ1) is 13.4. The predicted octanol–water partition coefficient (Wildman–Crippen LogP) is 2.67. The normalized spacial score (nSPS) is 11.1. The minimum atomic E-state index is -0.474. The zero-order chi connectivity index (χ0) is 20.0. The molecular weight excluding hydrogens is 356 g/mol. The molecule has 0 aromatic heterocycles. The molecule has 28 heavy (non-hydrogen) atoms. The molecule has 0 aliphatic carbocycles. The standard InChI is InChI=1S/C22H16N2O4/c1-23(2)18-10-9-13(12-19(18)24(27)28)11-17-21(25)15-7-3-5-14-6-4-8-16(20(14)15)22(17)26/h3-12H,1-2H3. The number of nitro groups is 1. The van der Waals surface area contributed by atoms with E-state index < -0.39 is 4.92 Å². The summed E-state index contributed by atoms with van der Waals surface area (Å²) in [6.45, 7) is 0. The van der Waals surface area contributed by atoms with Crippen LogP contribution in [0.5, 0.6) is 0 Å². The number of nitro benzene ring substituents is 1. The molecule has 0 radical (unpaired) electrons. The van der Waals surface area contributed by atoms with E-state index in [1.807, 2.05) is 12.1 Å². The van der Waals surface area contributed by atoms with Crippen LogP contribution in [0.1, 0.15) is 5.56 Å². The third kappa shape index (κ3) is 2.66. The first kappa shape index (κ1) is 17.6. The first-order valence-electron chi connectivity index (χ1n) is 8.67. The minimum absolute atomic E-state index is 0.0121. The van der Waals surface area contributed by atoms with Gasteiger partial charge in [-0.05, 0) is 23.1 Å². The summed E-state index contributed by atoms with van der Waals surface area (Å²) in [4.78, 5) is 38.5. The van der Waals surface area contributed by atoms with Crippen molar-refractivity contribution in [1.82, 2.24) is 0 Å². The van der Waals surface area contributed by atoms with E-state index in [0.717, 1.165) is 5.39 Å². The predicted molar refractivity (Wildman–Crippen MR) is 111 cm³/mol. The molecule has 0 amide bonds. The second-order valence-electron chi connectivity index (χ2n) is 6.83. The van der Waals surface area contributed by atoms with Crippen molar-refractivity contribution < 1.29 is 4.92 Å². The van der Waals surface area contributed by atoms with Gasteiger partial charge < -0.3 is 4.90 Å². The van der Waals surface area contributed by atoms with Crippen LogP contribution in [0.3, 0.4) is 0 Å². The fourth-order valence-corrected chi connectivity index (χ4v) is 3.57. The maximum absolute atomic E-state index is 13.0. The Morgan fingerprint density at radius 3 is 2.07 bits per heavy atom. The molecular formula is C22H16N2O4. The highest BCUT2D eigenvalue weighted by molar-refractivity contribution is 6.09. The van der Waals surface area contributed by atoms with Crippen molar-refractivity contribution in [2.75, 3.05) is 19.0 Å². The molecule has 4 aromatic carbocycles. The van der Waals surface area contributed by atoms with Gasteiger partial charge in [0, 0.05) is 36.3 Å². The fourth-order valence-electron chi connectivity index (χ4n) is 3.57. The lowest BCUT2D eigenvalue weighted by molar-refractivity contribution is -0.384. The van der Waals surface area contributed by atoms with Crippen LogP contribution < -0.4 is 21.0 Å². The average molecular weight is 372 g/mol. The smallest absolute Gasteiger partial charge is 0.293 e. The summed E-state index contributed by atoms with van der Waals surface area (Å²) in [5, 5.41) is 13.9. The topological polar surface area (TPSA) is 80.5 Å². The third-order valence-electron chi connectivity index (χ3n) is 4.87. The van der Waals surface area contributed by atoms with Gasteiger partial charge in [-0.25, -0.2) is 0 Å². The SMILES string of the molecule is CN(C)c1ccc(C=c2c(=O)c3cccc4cccc(c2=O)c43)cc1[N+](=O)[O-]. The Hall–Kier alpha value is -3.80. The molecule has 0 aliphatic heterocycles. The van der Waals surface area contributed by atoms with Gasteiger partial charge in [0.05, 0.1) is 10.1 Å². The van der Waals surface area contributed by atoms with Gasteiger partial charge in [0.2, 0.25) is 0 Å². The molecule has 0 aliphatic rings. The fraction of sp³-hybridized carbons (Fsp3) is 0.0909. The van der Waals surface area contributed by atoms with E-state index in [2.05, 4.69) is 0 Å². The van der Waals surface area contributed by atoms with E-state index in [1.165, 1.54) is 12.1 Å². The van der Waals surface area contributed by atoms with Gasteiger partial charge in [0.25, 0.3) is 5.69 Å². The van der Waals surface area contributed by atoms with Crippen LogP contribution in [-0.2, 0) is 0 Å². The number of anilines is 1. The van der Waals surface area contributed by atoms with E-state index in [-0.39, 0.29) is 21.8 Å². The van der Waals surface area contributed by atoms with Crippen molar-refractivity contribution in [1.29, 1.82) is 0 Å². The lowest BCUT2D eigenvalue weighted by Crippen LogP contribution is -2.38. The number of rotatable bonds is 3. The first-order valence-corrected chi connectivity index (χ1v) is 8.67. The van der Waals surface area contributed by atoms with Gasteiger partial charge in [-0.2, -0.15) is 0 Å². The van der Waals surface area contributed by atoms with E-state index >= 15 is 0 Å².